The monoisotopic (exact) mass is 351 g/mol. The molecule has 19 heavy (non-hydrogen) atoms. The number of rotatable bonds is 7. The highest BCUT2D eigenvalue weighted by molar-refractivity contribution is 9.10. The Labute approximate surface area is 122 Å². The third-order valence-corrected chi connectivity index (χ3v) is 4.93. The highest BCUT2D eigenvalue weighted by Crippen LogP contribution is 2.26. The minimum Gasteiger partial charge on any atom is -0.369 e. The van der Waals surface area contributed by atoms with Gasteiger partial charge >= 0.3 is 0 Å². The number of aromatic nitrogens is 2. The van der Waals surface area contributed by atoms with Crippen LogP contribution in [-0.4, -0.2) is 55.6 Å². The Bertz CT molecular complexity index is 521. The van der Waals surface area contributed by atoms with Gasteiger partial charge in [-0.15, -0.1) is 0 Å². The van der Waals surface area contributed by atoms with Crippen LogP contribution in [0.1, 0.15) is 6.92 Å². The van der Waals surface area contributed by atoms with E-state index in [1.54, 1.807) is 0 Å². The fraction of sp³-hybridized carbons (Fsp3) is 0.600. The number of hydrogen-bond donors (Lipinski definition) is 2. The molecular weight excluding hydrogens is 334 g/mol. The van der Waals surface area contributed by atoms with Crippen molar-refractivity contribution in [3.05, 3.63) is 10.8 Å². The van der Waals surface area contributed by atoms with Crippen LogP contribution in [-0.2, 0) is 10.0 Å². The summed E-state index contributed by atoms with van der Waals surface area (Å²) in [7, 11) is -0.179. The van der Waals surface area contributed by atoms with Crippen molar-refractivity contribution in [1.82, 2.24) is 14.3 Å². The molecule has 1 heterocycles. The molecule has 0 saturated heterocycles. The zero-order valence-corrected chi connectivity index (χ0v) is 13.5. The van der Waals surface area contributed by atoms with E-state index < -0.39 is 10.0 Å². The zero-order valence-electron chi connectivity index (χ0n) is 11.1. The highest BCUT2D eigenvalue weighted by Gasteiger charge is 2.14. The summed E-state index contributed by atoms with van der Waals surface area (Å²) < 4.78 is 25.1. The van der Waals surface area contributed by atoms with E-state index in [-0.39, 0.29) is 12.3 Å². The molecule has 0 spiro atoms. The van der Waals surface area contributed by atoms with E-state index in [0.717, 1.165) is 6.54 Å². The molecule has 108 valence electrons. The van der Waals surface area contributed by atoms with Gasteiger partial charge in [0.25, 0.3) is 0 Å². The molecule has 2 N–H and O–H groups in total. The van der Waals surface area contributed by atoms with Crippen LogP contribution < -0.4 is 10.6 Å². The number of hydrogen-bond acceptors (Lipinski definition) is 6. The van der Waals surface area contributed by atoms with Gasteiger partial charge in [-0.1, -0.05) is 0 Å². The van der Waals surface area contributed by atoms with E-state index in [9.17, 15) is 8.42 Å². The lowest BCUT2D eigenvalue weighted by Gasteiger charge is -2.13. The van der Waals surface area contributed by atoms with Crippen LogP contribution in [0.4, 0.5) is 11.6 Å². The normalized spacial score (nSPS) is 11.6. The van der Waals surface area contributed by atoms with Gasteiger partial charge in [-0.2, -0.15) is 0 Å². The first kappa shape index (κ1) is 16.1. The van der Waals surface area contributed by atoms with Crippen molar-refractivity contribution in [3.8, 4) is 0 Å². The SMILES string of the molecule is CCNc1ncnc(NCCS(=O)(=O)N(C)C)c1Br. The minimum atomic E-state index is -3.21. The molecule has 0 aromatic carbocycles. The molecule has 0 unspecified atom stereocenters. The minimum absolute atomic E-state index is 0.00693. The van der Waals surface area contributed by atoms with Crippen molar-refractivity contribution in [2.75, 3.05) is 43.6 Å². The van der Waals surface area contributed by atoms with E-state index in [4.69, 9.17) is 0 Å². The van der Waals surface area contributed by atoms with Gasteiger partial charge in [0, 0.05) is 27.2 Å². The molecule has 0 saturated carbocycles. The standard InChI is InChI=1S/C10H18BrN5O2S/c1-4-12-9-8(11)10(15-7-14-9)13-5-6-19(17,18)16(2)3/h7H,4-6H2,1-3H3,(H2,12,13,14,15). The van der Waals surface area contributed by atoms with Crippen LogP contribution in [0.2, 0.25) is 0 Å². The molecule has 1 aromatic heterocycles. The number of anilines is 2. The predicted octanol–water partition coefficient (Wildman–Crippen LogP) is 0.974. The van der Waals surface area contributed by atoms with Crippen LogP contribution in [0.3, 0.4) is 0 Å². The lowest BCUT2D eigenvalue weighted by atomic mass is 10.5. The lowest BCUT2D eigenvalue weighted by molar-refractivity contribution is 0.521. The Hall–Kier alpha value is -0.930. The second-order valence-corrected chi connectivity index (χ2v) is 7.04. The summed E-state index contributed by atoms with van der Waals surface area (Å²) in [6.07, 6.45) is 1.42. The first-order valence-electron chi connectivity index (χ1n) is 5.77. The Kier molecular flexibility index (Phi) is 5.95. The summed E-state index contributed by atoms with van der Waals surface area (Å²) in [4.78, 5) is 8.15. The molecule has 0 aliphatic rings. The maximum atomic E-state index is 11.6. The van der Waals surface area contributed by atoms with Gasteiger partial charge in [0.2, 0.25) is 10.0 Å². The van der Waals surface area contributed by atoms with E-state index in [2.05, 4.69) is 36.5 Å². The summed E-state index contributed by atoms with van der Waals surface area (Å²) in [5.74, 6) is 1.25. The number of nitrogens with zero attached hydrogens (tertiary/aromatic N) is 3. The predicted molar refractivity (Wildman–Crippen MR) is 79.9 cm³/mol. The van der Waals surface area contributed by atoms with Crippen LogP contribution in [0.25, 0.3) is 0 Å². The molecule has 1 aromatic rings. The number of halogens is 1. The summed E-state index contributed by atoms with van der Waals surface area (Å²) in [6.45, 7) is 2.98. The summed E-state index contributed by atoms with van der Waals surface area (Å²) in [5.41, 5.74) is 0. The van der Waals surface area contributed by atoms with Crippen molar-refractivity contribution >= 4 is 37.6 Å². The first-order chi connectivity index (χ1) is 8.88. The van der Waals surface area contributed by atoms with Crippen LogP contribution in [0.15, 0.2) is 10.8 Å². The molecule has 0 bridgehead atoms. The Morgan fingerprint density at radius 3 is 2.37 bits per heavy atom. The van der Waals surface area contributed by atoms with Gasteiger partial charge in [-0.05, 0) is 22.9 Å². The molecule has 0 amide bonds. The topological polar surface area (TPSA) is 87.2 Å². The third kappa shape index (κ3) is 4.59. The fourth-order valence-electron chi connectivity index (χ4n) is 1.26. The smallest absolute Gasteiger partial charge is 0.215 e. The average Bonchev–Trinajstić information content (AvgIpc) is 2.33. The Morgan fingerprint density at radius 2 is 1.84 bits per heavy atom. The second-order valence-electron chi connectivity index (χ2n) is 3.94. The van der Waals surface area contributed by atoms with E-state index in [0.29, 0.717) is 16.1 Å². The van der Waals surface area contributed by atoms with E-state index in [1.807, 2.05) is 6.92 Å². The highest BCUT2D eigenvalue weighted by atomic mass is 79.9. The molecule has 7 nitrogen and oxygen atoms in total. The third-order valence-electron chi connectivity index (χ3n) is 2.34. The first-order valence-corrected chi connectivity index (χ1v) is 8.17. The van der Waals surface area contributed by atoms with Crippen molar-refractivity contribution in [3.63, 3.8) is 0 Å². The maximum absolute atomic E-state index is 11.6. The molecule has 0 aliphatic heterocycles. The maximum Gasteiger partial charge on any atom is 0.215 e. The summed E-state index contributed by atoms with van der Waals surface area (Å²) >= 11 is 3.38. The number of sulfonamides is 1. The molecule has 1 rings (SSSR count). The molecule has 9 heteroatoms. The summed E-state index contributed by atoms with van der Waals surface area (Å²) in [5, 5.41) is 6.06. The van der Waals surface area contributed by atoms with Crippen molar-refractivity contribution in [2.24, 2.45) is 0 Å². The van der Waals surface area contributed by atoms with Gasteiger partial charge in [-0.25, -0.2) is 22.7 Å². The number of nitrogens with one attached hydrogen (secondary N) is 2. The van der Waals surface area contributed by atoms with Crippen LogP contribution in [0.5, 0.6) is 0 Å². The molecule has 0 aliphatic carbocycles. The summed E-state index contributed by atoms with van der Waals surface area (Å²) in [6, 6.07) is 0. The van der Waals surface area contributed by atoms with Gasteiger partial charge in [-0.3, -0.25) is 0 Å². The molecular formula is C10H18BrN5O2S. The van der Waals surface area contributed by atoms with E-state index >= 15 is 0 Å². The van der Waals surface area contributed by atoms with Crippen molar-refractivity contribution in [1.29, 1.82) is 0 Å². The van der Waals surface area contributed by atoms with Gasteiger partial charge in [0.15, 0.2) is 0 Å². The van der Waals surface area contributed by atoms with Gasteiger partial charge in [0.1, 0.15) is 22.4 Å². The van der Waals surface area contributed by atoms with Crippen LogP contribution >= 0.6 is 15.9 Å². The largest absolute Gasteiger partial charge is 0.369 e. The Morgan fingerprint density at radius 1 is 1.26 bits per heavy atom. The lowest BCUT2D eigenvalue weighted by Crippen LogP contribution is -2.28. The fourth-order valence-corrected chi connectivity index (χ4v) is 2.48. The van der Waals surface area contributed by atoms with Crippen LogP contribution in [0, 0.1) is 0 Å². The second kappa shape index (κ2) is 7.01. The average molecular weight is 352 g/mol. The zero-order chi connectivity index (χ0) is 14.5. The van der Waals surface area contributed by atoms with Gasteiger partial charge < -0.3 is 10.6 Å². The van der Waals surface area contributed by atoms with Gasteiger partial charge in [0.05, 0.1) is 5.75 Å². The van der Waals surface area contributed by atoms with Crippen molar-refractivity contribution in [2.45, 2.75) is 6.92 Å². The van der Waals surface area contributed by atoms with Crippen molar-refractivity contribution < 1.29 is 8.42 Å². The molecule has 0 radical (unpaired) electrons. The quantitative estimate of drug-likeness (QED) is 0.761. The molecule has 0 fully saturated rings. The van der Waals surface area contributed by atoms with E-state index in [1.165, 1.54) is 24.7 Å². The molecule has 0 atom stereocenters. The Balaban J connectivity index is 2.66.